The Kier molecular flexibility index (Phi) is 11.0. The van der Waals surface area contributed by atoms with Crippen molar-refractivity contribution in [3.63, 3.8) is 0 Å². The van der Waals surface area contributed by atoms with E-state index in [-0.39, 0.29) is 24.9 Å². The number of hydrogen-bond acceptors (Lipinski definition) is 10. The lowest BCUT2D eigenvalue weighted by atomic mass is 10.1. The number of nitrogens with one attached hydrogen (secondary N) is 2. The molecular weight excluding hydrogens is 501 g/mol. The predicted molar refractivity (Wildman–Crippen MR) is 140 cm³/mol. The summed E-state index contributed by atoms with van der Waals surface area (Å²) in [6.07, 6.45) is 3.41. The Balaban J connectivity index is 2.15. The quantitative estimate of drug-likeness (QED) is 0.171. The molecule has 2 aromatic heterocycles. The number of anilines is 1. The first kappa shape index (κ1) is 30.6. The summed E-state index contributed by atoms with van der Waals surface area (Å²) in [6.45, 7) is 12.5. The molecule has 37 heavy (non-hydrogen) atoms. The van der Waals surface area contributed by atoms with Crippen LogP contribution in [-0.2, 0) is 34.9 Å². The Morgan fingerprint density at radius 3 is 2.54 bits per heavy atom. The number of ether oxygens (including phenoxy) is 3. The first-order chi connectivity index (χ1) is 17.3. The van der Waals surface area contributed by atoms with E-state index in [4.69, 9.17) is 19.9 Å². The zero-order chi connectivity index (χ0) is 27.8. The lowest BCUT2D eigenvalue weighted by Crippen LogP contribution is -2.50. The molecule has 0 spiro atoms. The summed E-state index contributed by atoms with van der Waals surface area (Å²) in [5, 5.41) is 5.68. The van der Waals surface area contributed by atoms with Gasteiger partial charge in [-0.15, -0.1) is 0 Å². The fraction of sp³-hybridized carbons (Fsp3) is 0.696. The van der Waals surface area contributed by atoms with Crippen molar-refractivity contribution in [2.75, 3.05) is 18.7 Å². The summed E-state index contributed by atoms with van der Waals surface area (Å²) in [4.78, 5) is 37.5. The molecule has 0 aliphatic heterocycles. The van der Waals surface area contributed by atoms with Crippen molar-refractivity contribution in [1.82, 2.24) is 29.7 Å². The Bertz CT molecular complexity index is 1110. The molecule has 2 unspecified atom stereocenters. The number of nitrogens with two attached hydrogens (primary N) is 1. The maximum absolute atomic E-state index is 14.0. The van der Waals surface area contributed by atoms with Crippen molar-refractivity contribution in [3.05, 3.63) is 12.7 Å². The van der Waals surface area contributed by atoms with E-state index in [0.717, 1.165) is 12.8 Å². The number of carbonyl (C=O) groups is 2. The van der Waals surface area contributed by atoms with E-state index in [1.54, 1.807) is 52.4 Å². The second-order valence-electron chi connectivity index (χ2n) is 9.74. The summed E-state index contributed by atoms with van der Waals surface area (Å²) in [6, 6.07) is -0.914. The van der Waals surface area contributed by atoms with E-state index < -0.39 is 37.1 Å². The van der Waals surface area contributed by atoms with E-state index in [2.05, 4.69) is 25.1 Å². The molecule has 0 saturated heterocycles. The summed E-state index contributed by atoms with van der Waals surface area (Å²) < 4.78 is 32.3. The standard InChI is InChI=1S/C23H40N7O6P/c1-8-9-10-34-21(31)17(5)28-37(33,29-23(6,7)22(32)36-15(2)3)14-35-16(4)11-30-13-27-18-19(24)25-12-26-20(18)30/h12-13,15-17H,8-11,14H2,1-7H3,(H2,24,25,26)(H2,28,29,33)/t16?,17?,37-/m0/s1. The molecule has 2 aromatic rings. The maximum Gasteiger partial charge on any atom is 0.326 e. The van der Waals surface area contributed by atoms with Crippen LogP contribution in [-0.4, -0.2) is 68.2 Å². The molecule has 2 heterocycles. The molecule has 0 aromatic carbocycles. The normalized spacial score (nSPS) is 15.4. The minimum Gasteiger partial charge on any atom is -0.465 e. The van der Waals surface area contributed by atoms with Crippen LogP contribution >= 0.6 is 7.44 Å². The molecule has 0 amide bonds. The largest absolute Gasteiger partial charge is 0.465 e. The molecular formula is C23H40N7O6P. The van der Waals surface area contributed by atoms with Crippen LogP contribution in [0.4, 0.5) is 5.82 Å². The Labute approximate surface area is 217 Å². The van der Waals surface area contributed by atoms with Gasteiger partial charge in [-0.2, -0.15) is 0 Å². The monoisotopic (exact) mass is 541 g/mol. The van der Waals surface area contributed by atoms with Crippen LogP contribution in [0.2, 0.25) is 0 Å². The average molecular weight is 542 g/mol. The Morgan fingerprint density at radius 1 is 1.19 bits per heavy atom. The Hall–Kier alpha value is -2.60. The SMILES string of the molecule is CCCCOC(=O)C(C)N[P@@](=O)(COC(C)Cn1cnc2c(N)ncnc21)NC(C)(C)C(=O)OC(C)C. The van der Waals surface area contributed by atoms with E-state index in [0.29, 0.717) is 17.7 Å². The van der Waals surface area contributed by atoms with Crippen LogP contribution in [0.1, 0.15) is 61.3 Å². The zero-order valence-electron chi connectivity index (χ0n) is 22.7. The zero-order valence-corrected chi connectivity index (χ0v) is 23.6. The van der Waals surface area contributed by atoms with Crippen molar-refractivity contribution >= 4 is 36.4 Å². The number of aromatic nitrogens is 4. The van der Waals surface area contributed by atoms with Crippen LogP contribution in [0.15, 0.2) is 12.7 Å². The number of unbranched alkanes of at least 4 members (excludes halogenated alkanes) is 1. The fourth-order valence-corrected chi connectivity index (χ4v) is 5.76. The third-order valence-corrected chi connectivity index (χ3v) is 7.47. The van der Waals surface area contributed by atoms with Crippen molar-refractivity contribution in [3.8, 4) is 0 Å². The smallest absolute Gasteiger partial charge is 0.326 e. The Morgan fingerprint density at radius 2 is 1.89 bits per heavy atom. The fourth-order valence-electron chi connectivity index (χ4n) is 3.36. The van der Waals surface area contributed by atoms with Crippen molar-refractivity contribution < 1.29 is 28.4 Å². The van der Waals surface area contributed by atoms with E-state index in [9.17, 15) is 14.2 Å². The number of carbonyl (C=O) groups excluding carboxylic acids is 2. The van der Waals surface area contributed by atoms with Gasteiger partial charge in [0.2, 0.25) is 7.44 Å². The molecule has 0 radical (unpaired) electrons. The van der Waals surface area contributed by atoms with Crippen LogP contribution < -0.4 is 15.9 Å². The summed E-state index contributed by atoms with van der Waals surface area (Å²) in [5.74, 6) is -0.864. The molecule has 14 heteroatoms. The summed E-state index contributed by atoms with van der Waals surface area (Å²) in [5.41, 5.74) is 5.54. The van der Waals surface area contributed by atoms with Gasteiger partial charge in [0.25, 0.3) is 0 Å². The highest BCUT2D eigenvalue weighted by Crippen LogP contribution is 2.40. The molecule has 0 aliphatic carbocycles. The van der Waals surface area contributed by atoms with Gasteiger partial charge in [0.15, 0.2) is 11.5 Å². The molecule has 0 fully saturated rings. The number of rotatable bonds is 15. The van der Waals surface area contributed by atoms with Gasteiger partial charge in [-0.1, -0.05) is 13.3 Å². The first-order valence-corrected chi connectivity index (χ1v) is 14.2. The van der Waals surface area contributed by atoms with E-state index in [1.165, 1.54) is 6.33 Å². The number of fused-ring (bicyclic) bond motifs is 1. The van der Waals surface area contributed by atoms with Gasteiger partial charge < -0.3 is 24.5 Å². The highest BCUT2D eigenvalue weighted by Gasteiger charge is 2.39. The van der Waals surface area contributed by atoms with Gasteiger partial charge >= 0.3 is 11.9 Å². The number of nitrogens with zero attached hydrogens (tertiary/aromatic N) is 4. The van der Waals surface area contributed by atoms with Crippen LogP contribution in [0.5, 0.6) is 0 Å². The lowest BCUT2D eigenvalue weighted by Gasteiger charge is -2.32. The highest BCUT2D eigenvalue weighted by atomic mass is 31.2. The highest BCUT2D eigenvalue weighted by molar-refractivity contribution is 7.59. The van der Waals surface area contributed by atoms with Gasteiger partial charge in [0.1, 0.15) is 29.8 Å². The average Bonchev–Trinajstić information content (AvgIpc) is 3.21. The van der Waals surface area contributed by atoms with Gasteiger partial charge in [0, 0.05) is 0 Å². The third-order valence-electron chi connectivity index (χ3n) is 5.24. The number of esters is 2. The number of nitrogen functional groups attached to an aromatic ring is 1. The second-order valence-corrected chi connectivity index (χ2v) is 12.0. The van der Waals surface area contributed by atoms with Gasteiger partial charge in [0.05, 0.1) is 31.7 Å². The molecule has 0 saturated carbocycles. The van der Waals surface area contributed by atoms with Crippen LogP contribution in [0, 0.1) is 0 Å². The number of imidazole rings is 1. The van der Waals surface area contributed by atoms with E-state index >= 15 is 0 Å². The second kappa shape index (κ2) is 13.3. The predicted octanol–water partition coefficient (Wildman–Crippen LogP) is 2.61. The molecule has 2 rings (SSSR count). The van der Waals surface area contributed by atoms with Crippen LogP contribution in [0.25, 0.3) is 11.2 Å². The molecule has 3 atom stereocenters. The maximum atomic E-state index is 14.0. The third kappa shape index (κ3) is 9.03. The minimum atomic E-state index is -3.68. The molecule has 13 nitrogen and oxygen atoms in total. The lowest BCUT2D eigenvalue weighted by molar-refractivity contribution is -0.153. The molecule has 4 N–H and O–H groups in total. The minimum absolute atomic E-state index is 0.269. The van der Waals surface area contributed by atoms with Crippen molar-refractivity contribution in [2.45, 2.75) is 91.6 Å². The summed E-state index contributed by atoms with van der Waals surface area (Å²) >= 11 is 0. The topological polar surface area (TPSA) is 173 Å². The molecule has 0 aliphatic rings. The van der Waals surface area contributed by atoms with Crippen molar-refractivity contribution in [1.29, 1.82) is 0 Å². The van der Waals surface area contributed by atoms with Gasteiger partial charge in [-0.3, -0.25) is 14.2 Å². The van der Waals surface area contributed by atoms with Gasteiger partial charge in [-0.05, 0) is 48.0 Å². The van der Waals surface area contributed by atoms with Gasteiger partial charge in [-0.25, -0.2) is 25.1 Å². The molecule has 0 bridgehead atoms. The molecule has 208 valence electrons. The van der Waals surface area contributed by atoms with Crippen molar-refractivity contribution in [2.24, 2.45) is 0 Å². The number of hydrogen-bond donors (Lipinski definition) is 3. The summed E-state index contributed by atoms with van der Waals surface area (Å²) in [7, 11) is -3.68. The van der Waals surface area contributed by atoms with Crippen LogP contribution in [0.3, 0.4) is 0 Å². The first-order valence-electron chi connectivity index (χ1n) is 12.3. The van der Waals surface area contributed by atoms with E-state index in [1.807, 2.05) is 6.92 Å².